The molecule has 1 saturated heterocycles. The molecule has 6 heteroatoms. The van der Waals surface area contributed by atoms with E-state index in [1.807, 2.05) is 0 Å². The van der Waals surface area contributed by atoms with Crippen molar-refractivity contribution < 1.29 is 13.2 Å². The number of sulfone groups is 1. The molecular formula is C8H16N2O3S. The van der Waals surface area contributed by atoms with E-state index in [9.17, 15) is 13.2 Å². The summed E-state index contributed by atoms with van der Waals surface area (Å²) in [5.74, 6) is -1.28. The lowest BCUT2D eigenvalue weighted by atomic mass is 10.2. The van der Waals surface area contributed by atoms with Crippen LogP contribution in [-0.4, -0.2) is 38.4 Å². The summed E-state index contributed by atoms with van der Waals surface area (Å²) in [6.45, 7) is 1.55. The van der Waals surface area contributed by atoms with E-state index >= 15 is 0 Å². The number of hydrogen-bond acceptors (Lipinski definition) is 4. The average Bonchev–Trinajstić information content (AvgIpc) is 2.28. The summed E-state index contributed by atoms with van der Waals surface area (Å²) in [4.78, 5) is 10.6. The molecule has 0 aromatic carbocycles. The van der Waals surface area contributed by atoms with Crippen LogP contribution in [0.4, 0.5) is 0 Å². The first-order valence-electron chi connectivity index (χ1n) is 4.73. The van der Waals surface area contributed by atoms with Gasteiger partial charge in [-0.1, -0.05) is 0 Å². The van der Waals surface area contributed by atoms with Gasteiger partial charge in [0.15, 0.2) is 9.84 Å². The molecule has 0 bridgehead atoms. The van der Waals surface area contributed by atoms with Crippen LogP contribution in [-0.2, 0) is 14.6 Å². The van der Waals surface area contributed by atoms with Crippen LogP contribution in [0.15, 0.2) is 0 Å². The minimum absolute atomic E-state index is 0.398. The molecule has 0 aliphatic carbocycles. The molecule has 0 aromatic heterocycles. The summed E-state index contributed by atoms with van der Waals surface area (Å²) in [6.07, 6.45) is 2.04. The lowest BCUT2D eigenvalue weighted by Crippen LogP contribution is -2.32. The number of nitrogens with two attached hydrogens (primary N) is 1. The zero-order valence-corrected chi connectivity index (χ0v) is 8.85. The monoisotopic (exact) mass is 220 g/mol. The van der Waals surface area contributed by atoms with E-state index in [4.69, 9.17) is 5.73 Å². The van der Waals surface area contributed by atoms with Gasteiger partial charge in [0, 0.05) is 0 Å². The molecule has 82 valence electrons. The predicted molar refractivity (Wildman–Crippen MR) is 53.5 cm³/mol. The third kappa shape index (κ3) is 3.26. The third-order valence-corrected chi connectivity index (χ3v) is 4.55. The fourth-order valence-corrected chi connectivity index (χ4v) is 3.30. The number of carbonyl (C=O) groups excluding carboxylic acids is 1. The molecule has 0 saturated carbocycles. The summed E-state index contributed by atoms with van der Waals surface area (Å²) in [5.41, 5.74) is 4.89. The van der Waals surface area contributed by atoms with Gasteiger partial charge >= 0.3 is 0 Å². The van der Waals surface area contributed by atoms with Crippen molar-refractivity contribution in [2.75, 3.05) is 18.8 Å². The van der Waals surface area contributed by atoms with Gasteiger partial charge in [-0.05, 0) is 32.4 Å². The molecule has 1 rings (SSSR count). The van der Waals surface area contributed by atoms with Gasteiger partial charge in [0.1, 0.15) is 5.75 Å². The lowest BCUT2D eigenvalue weighted by molar-refractivity contribution is -0.115. The van der Waals surface area contributed by atoms with Crippen LogP contribution >= 0.6 is 0 Å². The molecule has 1 atom stereocenters. The fraction of sp³-hybridized carbons (Fsp3) is 0.875. The van der Waals surface area contributed by atoms with Gasteiger partial charge in [0.2, 0.25) is 5.91 Å². The zero-order chi connectivity index (χ0) is 10.6. The van der Waals surface area contributed by atoms with Crippen molar-refractivity contribution in [2.45, 2.75) is 24.5 Å². The van der Waals surface area contributed by atoms with E-state index in [-0.39, 0.29) is 0 Å². The highest BCUT2D eigenvalue weighted by Gasteiger charge is 2.27. The maximum atomic E-state index is 11.6. The Balaban J connectivity index is 2.64. The minimum Gasteiger partial charge on any atom is -0.369 e. The van der Waals surface area contributed by atoms with E-state index in [0.29, 0.717) is 19.4 Å². The Labute approximate surface area is 84.0 Å². The first kappa shape index (κ1) is 11.5. The number of hydrogen-bond donors (Lipinski definition) is 2. The van der Waals surface area contributed by atoms with E-state index in [1.165, 1.54) is 0 Å². The molecule has 0 spiro atoms. The molecule has 1 fully saturated rings. The lowest BCUT2D eigenvalue weighted by Gasteiger charge is -2.12. The van der Waals surface area contributed by atoms with E-state index in [1.54, 1.807) is 0 Å². The Morgan fingerprint density at radius 3 is 2.71 bits per heavy atom. The summed E-state index contributed by atoms with van der Waals surface area (Å²) >= 11 is 0. The maximum Gasteiger partial charge on any atom is 0.232 e. The van der Waals surface area contributed by atoms with E-state index in [2.05, 4.69) is 5.32 Å². The highest BCUT2D eigenvalue weighted by molar-refractivity contribution is 7.92. The Kier molecular flexibility index (Phi) is 3.88. The van der Waals surface area contributed by atoms with Crippen LogP contribution in [0.5, 0.6) is 0 Å². The van der Waals surface area contributed by atoms with Gasteiger partial charge < -0.3 is 11.1 Å². The molecule has 14 heavy (non-hydrogen) atoms. The smallest absolute Gasteiger partial charge is 0.232 e. The van der Waals surface area contributed by atoms with Crippen LogP contribution in [0.2, 0.25) is 0 Å². The van der Waals surface area contributed by atoms with Crippen molar-refractivity contribution >= 4 is 15.7 Å². The molecule has 0 aromatic rings. The molecular weight excluding hydrogens is 204 g/mol. The van der Waals surface area contributed by atoms with Crippen LogP contribution in [0.3, 0.4) is 0 Å². The average molecular weight is 220 g/mol. The largest absolute Gasteiger partial charge is 0.369 e. The second kappa shape index (κ2) is 4.75. The Morgan fingerprint density at radius 1 is 1.36 bits per heavy atom. The van der Waals surface area contributed by atoms with Crippen molar-refractivity contribution in [1.29, 1.82) is 0 Å². The fourth-order valence-electron chi connectivity index (χ4n) is 1.66. The van der Waals surface area contributed by atoms with Gasteiger partial charge in [-0.2, -0.15) is 0 Å². The molecule has 3 N–H and O–H groups in total. The van der Waals surface area contributed by atoms with Crippen LogP contribution in [0, 0.1) is 0 Å². The summed E-state index contributed by atoms with van der Waals surface area (Å²) in [6, 6.07) is 0. The number of amides is 1. The van der Waals surface area contributed by atoms with Gasteiger partial charge in [0.05, 0.1) is 5.25 Å². The molecule has 0 radical (unpaired) electrons. The molecule has 1 unspecified atom stereocenters. The van der Waals surface area contributed by atoms with Crippen molar-refractivity contribution in [1.82, 2.24) is 5.32 Å². The second-order valence-electron chi connectivity index (χ2n) is 3.58. The summed E-state index contributed by atoms with van der Waals surface area (Å²) < 4.78 is 23.2. The minimum atomic E-state index is -3.32. The molecule has 5 nitrogen and oxygen atoms in total. The number of rotatable bonds is 3. The standard InChI is InChI=1S/C8H16N2O3S/c9-8(11)6-14(12,13)7-2-1-4-10-5-3-7/h7,10H,1-6H2,(H2,9,11). The summed E-state index contributed by atoms with van der Waals surface area (Å²) in [7, 11) is -3.32. The highest BCUT2D eigenvalue weighted by atomic mass is 32.2. The SMILES string of the molecule is NC(=O)CS(=O)(=O)C1CCCNCC1. The maximum absolute atomic E-state index is 11.6. The van der Waals surface area contributed by atoms with Crippen molar-refractivity contribution in [3.8, 4) is 0 Å². The molecule has 1 aliphatic rings. The highest BCUT2D eigenvalue weighted by Crippen LogP contribution is 2.15. The van der Waals surface area contributed by atoms with Crippen LogP contribution in [0.1, 0.15) is 19.3 Å². The first-order valence-corrected chi connectivity index (χ1v) is 6.44. The number of carbonyl (C=O) groups is 1. The van der Waals surface area contributed by atoms with Gasteiger partial charge in [0.25, 0.3) is 0 Å². The summed E-state index contributed by atoms with van der Waals surface area (Å²) in [5, 5.41) is 2.72. The van der Waals surface area contributed by atoms with E-state index < -0.39 is 26.7 Å². The first-order chi connectivity index (χ1) is 6.52. The Bertz CT molecular complexity index is 292. The molecule has 1 aliphatic heterocycles. The van der Waals surface area contributed by atoms with Crippen LogP contribution < -0.4 is 11.1 Å². The Morgan fingerprint density at radius 2 is 2.07 bits per heavy atom. The zero-order valence-electron chi connectivity index (χ0n) is 8.03. The quantitative estimate of drug-likeness (QED) is 0.640. The van der Waals surface area contributed by atoms with Crippen LogP contribution in [0.25, 0.3) is 0 Å². The van der Waals surface area contributed by atoms with Crippen molar-refractivity contribution in [2.24, 2.45) is 5.73 Å². The van der Waals surface area contributed by atoms with Gasteiger partial charge in [-0.3, -0.25) is 4.79 Å². The topological polar surface area (TPSA) is 89.3 Å². The number of primary amides is 1. The number of nitrogens with one attached hydrogen (secondary N) is 1. The third-order valence-electron chi connectivity index (χ3n) is 2.37. The van der Waals surface area contributed by atoms with Crippen molar-refractivity contribution in [3.05, 3.63) is 0 Å². The Hall–Kier alpha value is -0.620. The van der Waals surface area contributed by atoms with Gasteiger partial charge in [-0.25, -0.2) is 8.42 Å². The molecule has 1 heterocycles. The van der Waals surface area contributed by atoms with E-state index in [0.717, 1.165) is 13.0 Å². The van der Waals surface area contributed by atoms with Crippen molar-refractivity contribution in [3.63, 3.8) is 0 Å². The van der Waals surface area contributed by atoms with Gasteiger partial charge in [-0.15, -0.1) is 0 Å². The normalized spacial score (nSPS) is 24.1. The second-order valence-corrected chi connectivity index (χ2v) is 5.86. The predicted octanol–water partition coefficient (Wildman–Crippen LogP) is -0.971. The molecule has 1 amide bonds.